The summed E-state index contributed by atoms with van der Waals surface area (Å²) in [6.07, 6.45) is 6.22. The van der Waals surface area contributed by atoms with Crippen molar-refractivity contribution in [3.05, 3.63) is 48.7 Å². The second-order valence-electron chi connectivity index (χ2n) is 6.83. The maximum absolute atomic E-state index is 14.4. The lowest BCUT2D eigenvalue weighted by atomic mass is 10.1. The Bertz CT molecular complexity index is 967. The minimum absolute atomic E-state index is 0.0928. The molecule has 1 fully saturated rings. The van der Waals surface area contributed by atoms with Crippen LogP contribution in [-0.4, -0.2) is 49.9 Å². The number of hydrogen-bond donors (Lipinski definition) is 2. The molecule has 0 aliphatic carbocycles. The highest BCUT2D eigenvalue weighted by Crippen LogP contribution is 2.26. The molecule has 1 aliphatic rings. The van der Waals surface area contributed by atoms with E-state index in [0.717, 1.165) is 18.4 Å². The predicted octanol–water partition coefficient (Wildman–Crippen LogP) is 3.10. The summed E-state index contributed by atoms with van der Waals surface area (Å²) in [5.41, 5.74) is 1.75. The molecule has 1 saturated heterocycles. The third kappa shape index (κ3) is 3.85. The predicted molar refractivity (Wildman–Crippen MR) is 104 cm³/mol. The molecule has 3 aromatic rings. The van der Waals surface area contributed by atoms with Crippen LogP contribution in [0.1, 0.15) is 19.8 Å². The van der Waals surface area contributed by atoms with E-state index in [1.165, 1.54) is 6.20 Å². The summed E-state index contributed by atoms with van der Waals surface area (Å²) in [6, 6.07) is 7.57. The van der Waals surface area contributed by atoms with Gasteiger partial charge >= 0.3 is 0 Å². The number of anilines is 1. The molecule has 144 valence electrons. The van der Waals surface area contributed by atoms with E-state index in [0.29, 0.717) is 30.4 Å². The van der Waals surface area contributed by atoms with E-state index < -0.39 is 5.82 Å². The van der Waals surface area contributed by atoms with Gasteiger partial charge in [0.1, 0.15) is 11.5 Å². The fraction of sp³-hybridized carbons (Fsp3) is 0.300. The van der Waals surface area contributed by atoms with E-state index >= 15 is 0 Å². The average molecular weight is 380 g/mol. The summed E-state index contributed by atoms with van der Waals surface area (Å²) in [5, 5.41) is 3.27. The third-order valence-corrected chi connectivity index (χ3v) is 4.93. The number of carbonyl (C=O) groups excluding carboxylic acids is 1. The van der Waals surface area contributed by atoms with Gasteiger partial charge in [0.25, 0.3) is 0 Å². The molecule has 28 heavy (non-hydrogen) atoms. The number of H-pyrrole nitrogens is 1. The first-order valence-corrected chi connectivity index (χ1v) is 9.25. The molecule has 2 N–H and O–H groups in total. The normalized spacial score (nSPS) is 14.9. The van der Waals surface area contributed by atoms with E-state index in [-0.39, 0.29) is 17.6 Å². The molecule has 0 saturated carbocycles. The van der Waals surface area contributed by atoms with Gasteiger partial charge in [-0.3, -0.25) is 4.79 Å². The quantitative estimate of drug-likeness (QED) is 0.726. The Balaban J connectivity index is 1.53. The Hall–Kier alpha value is -3.29. The molecular weight excluding hydrogens is 359 g/mol. The van der Waals surface area contributed by atoms with Crippen molar-refractivity contribution < 1.29 is 9.18 Å². The molecule has 7 nitrogen and oxygen atoms in total. The van der Waals surface area contributed by atoms with Gasteiger partial charge in [-0.25, -0.2) is 19.3 Å². The van der Waals surface area contributed by atoms with Gasteiger partial charge in [0.2, 0.25) is 11.9 Å². The molecule has 0 radical (unpaired) electrons. The zero-order chi connectivity index (χ0) is 19.5. The summed E-state index contributed by atoms with van der Waals surface area (Å²) in [4.78, 5) is 29.1. The first-order chi connectivity index (χ1) is 13.6. The number of aromatic amines is 1. The van der Waals surface area contributed by atoms with Crippen molar-refractivity contribution in [2.24, 2.45) is 0 Å². The number of carbonyl (C=O) groups is 1. The largest absolute Gasteiger partial charge is 0.351 e. The molecule has 1 amide bonds. The van der Waals surface area contributed by atoms with Crippen LogP contribution < -0.4 is 5.32 Å². The lowest BCUT2D eigenvalue weighted by molar-refractivity contribution is -0.129. The SMILES string of the molecule is CC(=O)N1CCC(Nc2ncc(F)c(-c3cccc(-c4ncc[nH]4)c3)n2)CC1. The lowest BCUT2D eigenvalue weighted by Gasteiger charge is -2.31. The van der Waals surface area contributed by atoms with Crippen LogP contribution in [0.25, 0.3) is 22.6 Å². The number of rotatable bonds is 4. The van der Waals surface area contributed by atoms with Gasteiger partial charge in [-0.2, -0.15) is 0 Å². The summed E-state index contributed by atoms with van der Waals surface area (Å²) in [7, 11) is 0. The third-order valence-electron chi connectivity index (χ3n) is 4.93. The highest BCUT2D eigenvalue weighted by Gasteiger charge is 2.21. The second-order valence-corrected chi connectivity index (χ2v) is 6.83. The molecule has 1 aromatic carbocycles. The minimum atomic E-state index is -0.478. The maximum atomic E-state index is 14.4. The van der Waals surface area contributed by atoms with Crippen LogP contribution in [-0.2, 0) is 4.79 Å². The van der Waals surface area contributed by atoms with Crippen LogP contribution in [0.2, 0.25) is 0 Å². The molecule has 0 unspecified atom stereocenters. The van der Waals surface area contributed by atoms with E-state index in [4.69, 9.17) is 0 Å². The molecule has 2 aromatic heterocycles. The van der Waals surface area contributed by atoms with Crippen molar-refractivity contribution in [2.45, 2.75) is 25.8 Å². The molecular formula is C20H21FN6O. The van der Waals surface area contributed by atoms with Gasteiger partial charge in [-0.05, 0) is 18.9 Å². The van der Waals surface area contributed by atoms with E-state index in [9.17, 15) is 9.18 Å². The molecule has 0 bridgehead atoms. The Kier molecular flexibility index (Phi) is 5.01. The zero-order valence-corrected chi connectivity index (χ0v) is 15.5. The number of benzene rings is 1. The first-order valence-electron chi connectivity index (χ1n) is 9.25. The van der Waals surface area contributed by atoms with Crippen LogP contribution in [0.4, 0.5) is 10.3 Å². The Morgan fingerprint density at radius 1 is 1.25 bits per heavy atom. The van der Waals surface area contributed by atoms with Gasteiger partial charge in [0.15, 0.2) is 5.82 Å². The standard InChI is InChI=1S/C20H21FN6O/c1-13(28)27-9-5-16(6-10-27)25-20-24-12-17(21)18(26-20)14-3-2-4-15(11-14)19-22-7-8-23-19/h2-4,7-8,11-12,16H,5-6,9-10H2,1H3,(H,22,23)(H,24,25,26). The molecule has 4 rings (SSSR count). The number of halogens is 1. The summed E-state index contributed by atoms with van der Waals surface area (Å²) >= 11 is 0. The maximum Gasteiger partial charge on any atom is 0.223 e. The number of likely N-dealkylation sites (tertiary alicyclic amines) is 1. The number of nitrogens with one attached hydrogen (secondary N) is 2. The lowest BCUT2D eigenvalue weighted by Crippen LogP contribution is -2.41. The fourth-order valence-corrected chi connectivity index (χ4v) is 3.40. The van der Waals surface area contributed by atoms with Gasteiger partial charge in [0, 0.05) is 49.6 Å². The summed E-state index contributed by atoms with van der Waals surface area (Å²) in [5.74, 6) is 0.719. The molecule has 0 atom stereocenters. The Morgan fingerprint density at radius 2 is 2.04 bits per heavy atom. The monoisotopic (exact) mass is 380 g/mol. The number of nitrogens with zero attached hydrogens (tertiary/aromatic N) is 4. The number of hydrogen-bond acceptors (Lipinski definition) is 5. The van der Waals surface area contributed by atoms with Crippen molar-refractivity contribution in [1.29, 1.82) is 0 Å². The van der Waals surface area contributed by atoms with E-state index in [1.807, 2.05) is 29.2 Å². The number of amides is 1. The van der Waals surface area contributed by atoms with E-state index in [2.05, 4.69) is 25.3 Å². The smallest absolute Gasteiger partial charge is 0.223 e. The fourth-order valence-electron chi connectivity index (χ4n) is 3.40. The Labute approximate surface area is 162 Å². The highest BCUT2D eigenvalue weighted by molar-refractivity contribution is 5.73. The van der Waals surface area contributed by atoms with Gasteiger partial charge in [-0.15, -0.1) is 0 Å². The van der Waals surface area contributed by atoms with Crippen LogP contribution in [0.3, 0.4) is 0 Å². The first kappa shape index (κ1) is 18.1. The average Bonchev–Trinajstić information content (AvgIpc) is 3.25. The van der Waals surface area contributed by atoms with Crippen LogP contribution in [0.15, 0.2) is 42.9 Å². The molecule has 8 heteroatoms. The van der Waals surface area contributed by atoms with Crippen molar-refractivity contribution >= 4 is 11.9 Å². The van der Waals surface area contributed by atoms with Crippen molar-refractivity contribution in [3.8, 4) is 22.6 Å². The Morgan fingerprint density at radius 3 is 2.75 bits per heavy atom. The molecule has 1 aliphatic heterocycles. The minimum Gasteiger partial charge on any atom is -0.351 e. The number of piperidine rings is 1. The molecule has 0 spiro atoms. The number of aromatic nitrogens is 4. The summed E-state index contributed by atoms with van der Waals surface area (Å²) < 4.78 is 14.4. The van der Waals surface area contributed by atoms with Gasteiger partial charge in [-0.1, -0.05) is 18.2 Å². The zero-order valence-electron chi connectivity index (χ0n) is 15.5. The van der Waals surface area contributed by atoms with Crippen molar-refractivity contribution in [1.82, 2.24) is 24.8 Å². The summed E-state index contributed by atoms with van der Waals surface area (Å²) in [6.45, 7) is 2.98. The van der Waals surface area contributed by atoms with Gasteiger partial charge in [0.05, 0.1) is 6.20 Å². The second kappa shape index (κ2) is 7.75. The highest BCUT2D eigenvalue weighted by atomic mass is 19.1. The topological polar surface area (TPSA) is 86.8 Å². The van der Waals surface area contributed by atoms with Gasteiger partial charge < -0.3 is 15.2 Å². The van der Waals surface area contributed by atoms with Crippen LogP contribution in [0.5, 0.6) is 0 Å². The van der Waals surface area contributed by atoms with E-state index in [1.54, 1.807) is 19.3 Å². The molecule has 3 heterocycles. The van der Waals surface area contributed by atoms with Crippen molar-refractivity contribution in [3.63, 3.8) is 0 Å². The van der Waals surface area contributed by atoms with Crippen LogP contribution >= 0.6 is 0 Å². The van der Waals surface area contributed by atoms with Crippen molar-refractivity contribution in [2.75, 3.05) is 18.4 Å². The van der Waals surface area contributed by atoms with Crippen LogP contribution in [0, 0.1) is 5.82 Å². The number of imidazole rings is 1.